The van der Waals surface area contributed by atoms with Crippen molar-refractivity contribution in [1.82, 2.24) is 10.3 Å². The molecule has 0 radical (unpaired) electrons. The summed E-state index contributed by atoms with van der Waals surface area (Å²) in [5.74, 6) is 0.489. The fourth-order valence-corrected chi connectivity index (χ4v) is 1.96. The topological polar surface area (TPSA) is 80.3 Å². The van der Waals surface area contributed by atoms with E-state index in [0.717, 1.165) is 0 Å². The first-order valence-electron chi connectivity index (χ1n) is 7.68. The first-order chi connectivity index (χ1) is 11.5. The molecule has 6 nitrogen and oxygen atoms in total. The van der Waals surface area contributed by atoms with Crippen LogP contribution < -0.4 is 15.4 Å². The highest BCUT2D eigenvalue weighted by Gasteiger charge is 2.12. The van der Waals surface area contributed by atoms with E-state index < -0.39 is 0 Å². The Morgan fingerprint density at radius 3 is 2.29 bits per heavy atom. The van der Waals surface area contributed by atoms with E-state index in [0.29, 0.717) is 35.0 Å². The molecule has 0 atom stereocenters. The van der Waals surface area contributed by atoms with Crippen molar-refractivity contribution in [3.8, 4) is 5.75 Å². The third kappa shape index (κ3) is 4.81. The van der Waals surface area contributed by atoms with E-state index in [1.165, 1.54) is 18.5 Å². The third-order valence-electron chi connectivity index (χ3n) is 3.28. The Hall–Kier alpha value is -2.89. The standard InChI is InChI=1S/C18H21N3O3/c1-12(2)9-20-17(22)13-8-14(11-19-10-13)18(23)21-15-4-6-16(24-3)7-5-15/h4-8,10-12H,9H2,1-3H3,(H,20,22)(H,21,23). The number of carbonyl (C=O) groups is 2. The van der Waals surface area contributed by atoms with Crippen LogP contribution in [0.25, 0.3) is 0 Å². The van der Waals surface area contributed by atoms with Crippen LogP contribution in [0.1, 0.15) is 34.6 Å². The summed E-state index contributed by atoms with van der Waals surface area (Å²) >= 11 is 0. The van der Waals surface area contributed by atoms with Gasteiger partial charge in [-0.05, 0) is 36.2 Å². The van der Waals surface area contributed by atoms with E-state index in [2.05, 4.69) is 15.6 Å². The van der Waals surface area contributed by atoms with E-state index in [1.54, 1.807) is 31.4 Å². The summed E-state index contributed by atoms with van der Waals surface area (Å²) in [7, 11) is 1.58. The van der Waals surface area contributed by atoms with Gasteiger partial charge in [-0.15, -0.1) is 0 Å². The predicted octanol–water partition coefficient (Wildman–Crippen LogP) is 2.73. The largest absolute Gasteiger partial charge is 0.497 e. The lowest BCUT2D eigenvalue weighted by atomic mass is 10.1. The first kappa shape index (κ1) is 17.5. The average Bonchev–Trinajstić information content (AvgIpc) is 2.60. The van der Waals surface area contributed by atoms with Crippen molar-refractivity contribution in [2.24, 2.45) is 5.92 Å². The lowest BCUT2D eigenvalue weighted by Gasteiger charge is -2.09. The summed E-state index contributed by atoms with van der Waals surface area (Å²) < 4.78 is 5.07. The number of benzene rings is 1. The van der Waals surface area contributed by atoms with Gasteiger partial charge in [-0.3, -0.25) is 14.6 Å². The number of aromatic nitrogens is 1. The maximum Gasteiger partial charge on any atom is 0.257 e. The minimum absolute atomic E-state index is 0.240. The van der Waals surface area contributed by atoms with Gasteiger partial charge in [0.2, 0.25) is 0 Å². The molecule has 1 heterocycles. The zero-order chi connectivity index (χ0) is 17.5. The van der Waals surface area contributed by atoms with Crippen LogP contribution in [0.2, 0.25) is 0 Å². The van der Waals surface area contributed by atoms with Gasteiger partial charge in [-0.25, -0.2) is 0 Å². The second-order valence-electron chi connectivity index (χ2n) is 5.75. The van der Waals surface area contributed by atoms with Crippen LogP contribution in [0.5, 0.6) is 5.75 Å². The molecule has 0 saturated heterocycles. The van der Waals surface area contributed by atoms with E-state index >= 15 is 0 Å². The van der Waals surface area contributed by atoms with Crippen molar-refractivity contribution in [3.05, 3.63) is 53.9 Å². The molecular formula is C18H21N3O3. The molecule has 2 amide bonds. The van der Waals surface area contributed by atoms with Crippen molar-refractivity contribution in [2.45, 2.75) is 13.8 Å². The molecule has 0 unspecified atom stereocenters. The zero-order valence-electron chi connectivity index (χ0n) is 14.0. The number of ether oxygens (including phenoxy) is 1. The Morgan fingerprint density at radius 1 is 1.08 bits per heavy atom. The molecule has 0 bridgehead atoms. The number of amides is 2. The molecule has 1 aromatic heterocycles. The summed E-state index contributed by atoms with van der Waals surface area (Å²) in [5.41, 5.74) is 1.32. The maximum atomic E-state index is 12.3. The zero-order valence-corrected chi connectivity index (χ0v) is 14.0. The minimum atomic E-state index is -0.328. The van der Waals surface area contributed by atoms with Crippen LogP contribution in [0.3, 0.4) is 0 Å². The van der Waals surface area contributed by atoms with Crippen LogP contribution in [-0.2, 0) is 0 Å². The number of hydrogen-bond acceptors (Lipinski definition) is 4. The molecule has 6 heteroatoms. The Labute approximate surface area is 141 Å². The smallest absolute Gasteiger partial charge is 0.257 e. The molecule has 0 aliphatic rings. The average molecular weight is 327 g/mol. The molecule has 2 rings (SSSR count). The second-order valence-corrected chi connectivity index (χ2v) is 5.75. The molecule has 0 aliphatic carbocycles. The number of carbonyl (C=O) groups excluding carboxylic acids is 2. The number of hydrogen-bond donors (Lipinski definition) is 2. The first-order valence-corrected chi connectivity index (χ1v) is 7.68. The predicted molar refractivity (Wildman–Crippen MR) is 92.4 cm³/mol. The van der Waals surface area contributed by atoms with Crippen molar-refractivity contribution in [1.29, 1.82) is 0 Å². The molecule has 126 valence electrons. The van der Waals surface area contributed by atoms with Crippen LogP contribution in [-0.4, -0.2) is 30.5 Å². The number of nitrogens with one attached hydrogen (secondary N) is 2. The van der Waals surface area contributed by atoms with Gasteiger partial charge in [0, 0.05) is 24.6 Å². The number of anilines is 1. The number of nitrogens with zero attached hydrogens (tertiary/aromatic N) is 1. The van der Waals surface area contributed by atoms with Gasteiger partial charge >= 0.3 is 0 Å². The van der Waals surface area contributed by atoms with Crippen LogP contribution in [0.15, 0.2) is 42.7 Å². The molecule has 2 N–H and O–H groups in total. The van der Waals surface area contributed by atoms with E-state index in [1.807, 2.05) is 13.8 Å². The summed E-state index contributed by atoms with van der Waals surface area (Å²) in [6.07, 6.45) is 2.87. The Bertz CT molecular complexity index is 712. The highest BCUT2D eigenvalue weighted by Crippen LogP contribution is 2.16. The fraction of sp³-hybridized carbons (Fsp3) is 0.278. The molecule has 2 aromatic rings. The van der Waals surface area contributed by atoms with Gasteiger partial charge in [0.1, 0.15) is 5.75 Å². The molecular weight excluding hydrogens is 306 g/mol. The molecule has 0 spiro atoms. The van der Waals surface area contributed by atoms with Crippen molar-refractivity contribution in [2.75, 3.05) is 19.0 Å². The van der Waals surface area contributed by atoms with E-state index in [4.69, 9.17) is 4.74 Å². The summed E-state index contributed by atoms with van der Waals surface area (Å²) in [5, 5.41) is 5.56. The molecule has 0 aliphatic heterocycles. The fourth-order valence-electron chi connectivity index (χ4n) is 1.96. The normalized spacial score (nSPS) is 10.3. The lowest BCUT2D eigenvalue weighted by molar-refractivity contribution is 0.0948. The van der Waals surface area contributed by atoms with E-state index in [-0.39, 0.29) is 11.8 Å². The molecule has 1 aromatic carbocycles. The van der Waals surface area contributed by atoms with Crippen LogP contribution in [0, 0.1) is 5.92 Å². The second kappa shape index (κ2) is 8.10. The third-order valence-corrected chi connectivity index (χ3v) is 3.28. The van der Waals surface area contributed by atoms with Crippen molar-refractivity contribution in [3.63, 3.8) is 0 Å². The Kier molecular flexibility index (Phi) is 5.89. The van der Waals surface area contributed by atoms with Crippen molar-refractivity contribution >= 4 is 17.5 Å². The van der Waals surface area contributed by atoms with Gasteiger partial charge in [-0.1, -0.05) is 13.8 Å². The highest BCUT2D eigenvalue weighted by atomic mass is 16.5. The molecule has 24 heavy (non-hydrogen) atoms. The summed E-state index contributed by atoms with van der Waals surface area (Å²) in [6, 6.07) is 8.52. The number of rotatable bonds is 6. The quantitative estimate of drug-likeness (QED) is 0.855. The molecule has 0 fully saturated rings. The van der Waals surface area contributed by atoms with Crippen LogP contribution >= 0.6 is 0 Å². The van der Waals surface area contributed by atoms with Crippen LogP contribution in [0.4, 0.5) is 5.69 Å². The van der Waals surface area contributed by atoms with Gasteiger partial charge in [0.05, 0.1) is 18.2 Å². The Balaban J connectivity index is 2.06. The summed E-state index contributed by atoms with van der Waals surface area (Å²) in [4.78, 5) is 28.3. The molecule has 0 saturated carbocycles. The van der Waals surface area contributed by atoms with Gasteiger partial charge in [0.25, 0.3) is 11.8 Å². The van der Waals surface area contributed by atoms with Gasteiger partial charge < -0.3 is 15.4 Å². The lowest BCUT2D eigenvalue weighted by Crippen LogP contribution is -2.27. The van der Waals surface area contributed by atoms with Crippen molar-refractivity contribution < 1.29 is 14.3 Å². The SMILES string of the molecule is COc1ccc(NC(=O)c2cncc(C(=O)NCC(C)C)c2)cc1. The van der Waals surface area contributed by atoms with Gasteiger partial charge in [-0.2, -0.15) is 0 Å². The highest BCUT2D eigenvalue weighted by molar-refractivity contribution is 6.05. The van der Waals surface area contributed by atoms with Gasteiger partial charge in [0.15, 0.2) is 0 Å². The summed E-state index contributed by atoms with van der Waals surface area (Å²) in [6.45, 7) is 4.59. The number of methoxy groups -OCH3 is 1. The van der Waals surface area contributed by atoms with E-state index in [9.17, 15) is 9.59 Å². The Morgan fingerprint density at radius 2 is 1.71 bits per heavy atom. The maximum absolute atomic E-state index is 12.3. The monoisotopic (exact) mass is 327 g/mol. The number of pyridine rings is 1. The minimum Gasteiger partial charge on any atom is -0.497 e.